The van der Waals surface area contributed by atoms with Gasteiger partial charge in [0, 0.05) is 25.7 Å². The van der Waals surface area contributed by atoms with Crippen LogP contribution in [0.2, 0.25) is 0 Å². The number of allylic oxidation sites excluding steroid dienone is 1. The smallest absolute Gasteiger partial charge is 0.156 e. The standard InChI is InChI=1S/C8H14N2O2/c1-7(12)6-8-9-2-3-10(8)4-5-11/h6,9,11H,2-5H2,1H3/b8-6+. The number of hydrogen-bond donors (Lipinski definition) is 2. The average Bonchev–Trinajstić information content (AvgIpc) is 2.37. The number of ketones is 1. The van der Waals surface area contributed by atoms with Crippen molar-refractivity contribution in [1.29, 1.82) is 0 Å². The molecule has 1 aliphatic heterocycles. The number of nitrogens with zero attached hydrogens (tertiary/aromatic N) is 1. The van der Waals surface area contributed by atoms with Crippen molar-refractivity contribution in [2.75, 3.05) is 26.2 Å². The molecule has 1 aliphatic rings. The van der Waals surface area contributed by atoms with Crippen LogP contribution in [0, 0.1) is 0 Å². The van der Waals surface area contributed by atoms with Crippen LogP contribution in [-0.4, -0.2) is 42.0 Å². The number of carbonyl (C=O) groups is 1. The van der Waals surface area contributed by atoms with Crippen LogP contribution < -0.4 is 5.32 Å². The molecule has 0 atom stereocenters. The molecule has 0 aliphatic carbocycles. The lowest BCUT2D eigenvalue weighted by molar-refractivity contribution is -0.112. The maximum atomic E-state index is 10.7. The van der Waals surface area contributed by atoms with Crippen molar-refractivity contribution in [3.63, 3.8) is 0 Å². The lowest BCUT2D eigenvalue weighted by atomic mass is 10.4. The Kier molecular flexibility index (Phi) is 3.10. The van der Waals surface area contributed by atoms with Gasteiger partial charge in [-0.3, -0.25) is 4.79 Å². The van der Waals surface area contributed by atoms with E-state index in [2.05, 4.69) is 5.32 Å². The summed E-state index contributed by atoms with van der Waals surface area (Å²) in [7, 11) is 0. The zero-order valence-corrected chi connectivity index (χ0v) is 7.21. The third-order valence-electron chi connectivity index (χ3n) is 1.74. The summed E-state index contributed by atoms with van der Waals surface area (Å²) < 4.78 is 0. The Hall–Kier alpha value is -1.03. The molecule has 4 heteroatoms. The summed E-state index contributed by atoms with van der Waals surface area (Å²) in [4.78, 5) is 12.7. The highest BCUT2D eigenvalue weighted by molar-refractivity contribution is 5.87. The molecule has 4 nitrogen and oxygen atoms in total. The SMILES string of the molecule is CC(=O)/C=C1\NCCN1CCO. The van der Waals surface area contributed by atoms with E-state index in [4.69, 9.17) is 5.11 Å². The van der Waals surface area contributed by atoms with Crippen LogP contribution in [0.1, 0.15) is 6.92 Å². The topological polar surface area (TPSA) is 52.6 Å². The molecule has 2 N–H and O–H groups in total. The Morgan fingerprint density at radius 2 is 2.58 bits per heavy atom. The fourth-order valence-corrected chi connectivity index (χ4v) is 1.24. The summed E-state index contributed by atoms with van der Waals surface area (Å²) in [6.45, 7) is 3.94. The predicted octanol–water partition coefficient (Wildman–Crippen LogP) is -0.686. The van der Waals surface area contributed by atoms with Crippen LogP contribution in [0.25, 0.3) is 0 Å². The predicted molar refractivity (Wildman–Crippen MR) is 45.4 cm³/mol. The first-order valence-electron chi connectivity index (χ1n) is 4.06. The largest absolute Gasteiger partial charge is 0.395 e. The van der Waals surface area contributed by atoms with Crippen molar-refractivity contribution in [2.45, 2.75) is 6.92 Å². The maximum Gasteiger partial charge on any atom is 0.156 e. The normalized spacial score (nSPS) is 19.8. The molecular formula is C8H14N2O2. The van der Waals surface area contributed by atoms with Crippen LogP contribution in [0.15, 0.2) is 11.9 Å². The molecule has 1 saturated heterocycles. The van der Waals surface area contributed by atoms with Crippen molar-refractivity contribution in [2.24, 2.45) is 0 Å². The highest BCUT2D eigenvalue weighted by atomic mass is 16.3. The first-order valence-corrected chi connectivity index (χ1v) is 4.06. The van der Waals surface area contributed by atoms with Crippen molar-refractivity contribution in [1.82, 2.24) is 10.2 Å². The zero-order chi connectivity index (χ0) is 8.97. The quantitative estimate of drug-likeness (QED) is 0.551. The van der Waals surface area contributed by atoms with Gasteiger partial charge in [0.15, 0.2) is 5.78 Å². The second-order valence-corrected chi connectivity index (χ2v) is 2.78. The molecule has 0 radical (unpaired) electrons. The number of aliphatic hydroxyl groups excluding tert-OH is 1. The highest BCUT2D eigenvalue weighted by Crippen LogP contribution is 2.05. The molecule has 68 valence electrons. The van der Waals surface area contributed by atoms with Gasteiger partial charge in [0.05, 0.1) is 6.61 Å². The first kappa shape index (κ1) is 9.06. The first-order chi connectivity index (χ1) is 5.74. The summed E-state index contributed by atoms with van der Waals surface area (Å²) in [6.07, 6.45) is 1.56. The van der Waals surface area contributed by atoms with E-state index < -0.39 is 0 Å². The molecule has 1 heterocycles. The lowest BCUT2D eigenvalue weighted by Crippen LogP contribution is -2.24. The molecule has 1 rings (SSSR count). The summed E-state index contributed by atoms with van der Waals surface area (Å²) in [5.74, 6) is 0.860. The second-order valence-electron chi connectivity index (χ2n) is 2.78. The molecule has 0 amide bonds. The molecule has 0 unspecified atom stereocenters. The fourth-order valence-electron chi connectivity index (χ4n) is 1.24. The Bertz CT molecular complexity index is 201. The minimum atomic E-state index is 0.0299. The molecule has 0 aromatic carbocycles. The number of β-amino-alcohol motifs (C(OH)–C–C–N with tert-alkyl or cyclic N) is 1. The van der Waals surface area contributed by atoms with Gasteiger partial charge in [0.1, 0.15) is 5.82 Å². The lowest BCUT2D eigenvalue weighted by Gasteiger charge is -2.16. The van der Waals surface area contributed by atoms with E-state index >= 15 is 0 Å². The number of hydrogen-bond acceptors (Lipinski definition) is 4. The van der Waals surface area contributed by atoms with Gasteiger partial charge in [-0.2, -0.15) is 0 Å². The highest BCUT2D eigenvalue weighted by Gasteiger charge is 2.15. The van der Waals surface area contributed by atoms with Crippen molar-refractivity contribution >= 4 is 5.78 Å². The molecule has 0 saturated carbocycles. The Morgan fingerprint density at radius 3 is 3.17 bits per heavy atom. The summed E-state index contributed by atoms with van der Waals surface area (Å²) in [6, 6.07) is 0. The van der Waals surface area contributed by atoms with Crippen molar-refractivity contribution < 1.29 is 9.90 Å². The van der Waals surface area contributed by atoms with Gasteiger partial charge in [-0.1, -0.05) is 0 Å². The van der Waals surface area contributed by atoms with Gasteiger partial charge in [0.2, 0.25) is 0 Å². The van der Waals surface area contributed by atoms with Gasteiger partial charge in [-0.05, 0) is 6.92 Å². The van der Waals surface area contributed by atoms with Gasteiger partial charge in [-0.25, -0.2) is 0 Å². The summed E-state index contributed by atoms with van der Waals surface area (Å²) in [5.41, 5.74) is 0. The average molecular weight is 170 g/mol. The molecule has 0 aromatic heterocycles. The fraction of sp³-hybridized carbons (Fsp3) is 0.625. The molecule has 1 fully saturated rings. The van der Waals surface area contributed by atoms with Crippen LogP contribution in [-0.2, 0) is 4.79 Å². The van der Waals surface area contributed by atoms with E-state index in [0.29, 0.717) is 6.54 Å². The Balaban J connectivity index is 2.57. The molecule has 0 aromatic rings. The third kappa shape index (κ3) is 2.23. The van der Waals surface area contributed by atoms with Crippen LogP contribution in [0.3, 0.4) is 0 Å². The van der Waals surface area contributed by atoms with Crippen molar-refractivity contribution in [3.8, 4) is 0 Å². The van der Waals surface area contributed by atoms with Crippen molar-refractivity contribution in [3.05, 3.63) is 11.9 Å². The van der Waals surface area contributed by atoms with E-state index in [1.807, 2.05) is 4.90 Å². The van der Waals surface area contributed by atoms with E-state index in [9.17, 15) is 4.79 Å². The monoisotopic (exact) mass is 170 g/mol. The van der Waals surface area contributed by atoms with Gasteiger partial charge >= 0.3 is 0 Å². The second kappa shape index (κ2) is 4.11. The molecule has 0 spiro atoms. The maximum absolute atomic E-state index is 10.7. The van der Waals surface area contributed by atoms with Crippen LogP contribution in [0.5, 0.6) is 0 Å². The van der Waals surface area contributed by atoms with E-state index in [0.717, 1.165) is 18.9 Å². The summed E-state index contributed by atoms with van der Waals surface area (Å²) >= 11 is 0. The van der Waals surface area contributed by atoms with E-state index in [1.54, 1.807) is 6.08 Å². The van der Waals surface area contributed by atoms with Crippen LogP contribution >= 0.6 is 0 Å². The van der Waals surface area contributed by atoms with Crippen LogP contribution in [0.4, 0.5) is 0 Å². The molecular weight excluding hydrogens is 156 g/mol. The Morgan fingerprint density at radius 1 is 1.83 bits per heavy atom. The van der Waals surface area contributed by atoms with E-state index in [1.165, 1.54) is 6.92 Å². The van der Waals surface area contributed by atoms with Gasteiger partial charge < -0.3 is 15.3 Å². The minimum Gasteiger partial charge on any atom is -0.395 e. The number of rotatable bonds is 3. The number of aliphatic hydroxyl groups is 1. The minimum absolute atomic E-state index is 0.0299. The molecule has 0 bridgehead atoms. The third-order valence-corrected chi connectivity index (χ3v) is 1.74. The van der Waals surface area contributed by atoms with Gasteiger partial charge in [0.25, 0.3) is 0 Å². The van der Waals surface area contributed by atoms with Gasteiger partial charge in [-0.15, -0.1) is 0 Å². The Labute approximate surface area is 71.9 Å². The summed E-state index contributed by atoms with van der Waals surface area (Å²) in [5, 5.41) is 11.8. The number of nitrogens with one attached hydrogen (secondary N) is 1. The zero-order valence-electron chi connectivity index (χ0n) is 7.21. The molecule has 12 heavy (non-hydrogen) atoms. The number of carbonyl (C=O) groups excluding carboxylic acids is 1. The van der Waals surface area contributed by atoms with E-state index in [-0.39, 0.29) is 12.4 Å².